The zero-order valence-corrected chi connectivity index (χ0v) is 25.5. The van der Waals surface area contributed by atoms with Gasteiger partial charge in [-0.15, -0.1) is 0 Å². The van der Waals surface area contributed by atoms with Crippen LogP contribution in [0.2, 0.25) is 5.02 Å². The third-order valence-corrected chi connectivity index (χ3v) is 9.03. The fraction of sp³-hybridized carbons (Fsp3) is 0.333. The second-order valence-electron chi connectivity index (χ2n) is 11.7. The molecule has 0 radical (unpaired) electrons. The third-order valence-electron chi connectivity index (χ3n) is 8.41. The standard InChI is InChI=1S/C33H36ClN5OS/c1-20-15-21(2)19-37(18-20)30-13-10-25(17-28(30)34)39-32(31(36-33(39)41)29-7-5-6-14-35-29)27-16-22(3)38(23(27)4)24-8-11-26(40)12-9-24/h5-14,16-17,20-21,31-32,40H,15,18-19H2,1-4H3,(H,36,41). The fourth-order valence-electron chi connectivity index (χ4n) is 6.80. The van der Waals surface area contributed by atoms with Gasteiger partial charge in [-0.1, -0.05) is 31.5 Å². The van der Waals surface area contributed by atoms with Crippen LogP contribution in [0.1, 0.15) is 55.0 Å². The first-order chi connectivity index (χ1) is 19.7. The number of aryl methyl sites for hydroxylation is 1. The lowest BCUT2D eigenvalue weighted by Crippen LogP contribution is -2.38. The van der Waals surface area contributed by atoms with E-state index in [1.807, 2.05) is 36.5 Å². The van der Waals surface area contributed by atoms with Crippen LogP contribution in [-0.2, 0) is 0 Å². The van der Waals surface area contributed by atoms with Crippen molar-refractivity contribution in [2.75, 3.05) is 22.9 Å². The Hall–Kier alpha value is -3.55. The predicted octanol–water partition coefficient (Wildman–Crippen LogP) is 7.51. The number of anilines is 2. The normalized spacial score (nSPS) is 22.7. The molecule has 2 aliphatic rings. The van der Waals surface area contributed by atoms with Crippen LogP contribution >= 0.6 is 23.8 Å². The summed E-state index contributed by atoms with van der Waals surface area (Å²) in [5.74, 6) is 1.52. The van der Waals surface area contributed by atoms with Crippen molar-refractivity contribution >= 4 is 40.3 Å². The molecule has 0 amide bonds. The molecule has 0 bridgehead atoms. The van der Waals surface area contributed by atoms with Gasteiger partial charge < -0.3 is 24.8 Å². The van der Waals surface area contributed by atoms with Crippen LogP contribution in [0.3, 0.4) is 0 Å². The lowest BCUT2D eigenvalue weighted by Gasteiger charge is -2.37. The van der Waals surface area contributed by atoms with Gasteiger partial charge in [0.05, 0.1) is 28.5 Å². The molecule has 4 atom stereocenters. The fourth-order valence-corrected chi connectivity index (χ4v) is 7.44. The molecule has 0 spiro atoms. The maximum Gasteiger partial charge on any atom is 0.174 e. The first-order valence-electron chi connectivity index (χ1n) is 14.2. The first-order valence-corrected chi connectivity index (χ1v) is 15.0. The number of thiocarbonyl (C=S) groups is 1. The number of aromatic hydroxyl groups is 1. The number of phenolic OH excluding ortho intramolecular Hbond substituents is 1. The monoisotopic (exact) mass is 585 g/mol. The highest BCUT2D eigenvalue weighted by Gasteiger charge is 2.42. The minimum Gasteiger partial charge on any atom is -0.508 e. The van der Waals surface area contributed by atoms with E-state index in [9.17, 15) is 5.11 Å². The summed E-state index contributed by atoms with van der Waals surface area (Å²) in [5, 5.41) is 14.8. The van der Waals surface area contributed by atoms with Crippen LogP contribution < -0.4 is 15.1 Å². The van der Waals surface area contributed by atoms with E-state index in [1.54, 1.807) is 12.1 Å². The van der Waals surface area contributed by atoms with Gasteiger partial charge in [0.25, 0.3) is 0 Å². The van der Waals surface area contributed by atoms with Crippen molar-refractivity contribution in [3.05, 3.63) is 101 Å². The van der Waals surface area contributed by atoms with E-state index in [0.29, 0.717) is 16.9 Å². The van der Waals surface area contributed by atoms with Crippen molar-refractivity contribution in [1.29, 1.82) is 0 Å². The van der Waals surface area contributed by atoms with Crippen molar-refractivity contribution in [2.24, 2.45) is 11.8 Å². The Labute approximate surface area is 252 Å². The van der Waals surface area contributed by atoms with Crippen molar-refractivity contribution < 1.29 is 5.11 Å². The number of nitrogens with one attached hydrogen (secondary N) is 1. The van der Waals surface area contributed by atoms with Gasteiger partial charge in [-0.2, -0.15) is 0 Å². The average molecular weight is 586 g/mol. The predicted molar refractivity (Wildman–Crippen MR) is 171 cm³/mol. The molecular weight excluding hydrogens is 550 g/mol. The van der Waals surface area contributed by atoms with Crippen molar-refractivity contribution in [3.8, 4) is 11.4 Å². The lowest BCUT2D eigenvalue weighted by atomic mass is 9.91. The Kier molecular flexibility index (Phi) is 7.43. The number of benzene rings is 2. The molecule has 0 aliphatic carbocycles. The number of nitrogens with zero attached hydrogens (tertiary/aromatic N) is 4. The Bertz CT molecular complexity index is 1560. The van der Waals surface area contributed by atoms with E-state index in [4.69, 9.17) is 28.8 Å². The number of aromatic nitrogens is 2. The summed E-state index contributed by atoms with van der Waals surface area (Å²) in [7, 11) is 0. The number of pyridine rings is 1. The molecule has 8 heteroatoms. The molecule has 6 rings (SSSR count). The molecule has 2 N–H and O–H groups in total. The summed E-state index contributed by atoms with van der Waals surface area (Å²) < 4.78 is 2.22. The number of piperidine rings is 1. The molecule has 0 saturated carbocycles. The quantitative estimate of drug-likeness (QED) is 0.236. The van der Waals surface area contributed by atoms with Crippen LogP contribution in [0, 0.1) is 25.7 Å². The highest BCUT2D eigenvalue weighted by Crippen LogP contribution is 2.45. The largest absolute Gasteiger partial charge is 0.508 e. The van der Waals surface area contributed by atoms with Gasteiger partial charge in [0.15, 0.2) is 5.11 Å². The molecule has 2 saturated heterocycles. The topological polar surface area (TPSA) is 56.6 Å². The smallest absolute Gasteiger partial charge is 0.174 e. The van der Waals surface area contributed by atoms with E-state index >= 15 is 0 Å². The first kappa shape index (κ1) is 27.6. The van der Waals surface area contributed by atoms with Gasteiger partial charge in [0, 0.05) is 42.0 Å². The van der Waals surface area contributed by atoms with E-state index in [-0.39, 0.29) is 17.8 Å². The summed E-state index contributed by atoms with van der Waals surface area (Å²) in [6.07, 6.45) is 3.07. The third kappa shape index (κ3) is 5.17. The van der Waals surface area contributed by atoms with E-state index in [2.05, 4.69) is 71.6 Å². The number of hydrogen-bond acceptors (Lipinski definition) is 4. The number of hydrogen-bond donors (Lipinski definition) is 2. The Morgan fingerprint density at radius 3 is 2.32 bits per heavy atom. The van der Waals surface area contributed by atoms with Gasteiger partial charge in [-0.3, -0.25) is 4.98 Å². The van der Waals surface area contributed by atoms with Crippen LogP contribution in [0.5, 0.6) is 5.75 Å². The summed E-state index contributed by atoms with van der Waals surface area (Å²) >= 11 is 13.0. The summed E-state index contributed by atoms with van der Waals surface area (Å²) in [5.41, 5.74) is 7.31. The molecule has 4 heterocycles. The molecule has 2 fully saturated rings. The second-order valence-corrected chi connectivity index (χ2v) is 12.5. The van der Waals surface area contributed by atoms with Gasteiger partial charge >= 0.3 is 0 Å². The van der Waals surface area contributed by atoms with Gasteiger partial charge in [-0.05, 0) is 111 Å². The zero-order valence-electron chi connectivity index (χ0n) is 23.9. The molecule has 4 aromatic rings. The summed E-state index contributed by atoms with van der Waals surface area (Å²) in [6.45, 7) is 10.9. The van der Waals surface area contributed by atoms with E-state index in [0.717, 1.165) is 57.8 Å². The zero-order chi connectivity index (χ0) is 28.8. The average Bonchev–Trinajstić information content (AvgIpc) is 3.44. The van der Waals surface area contributed by atoms with Crippen LogP contribution in [-0.4, -0.2) is 32.9 Å². The SMILES string of the molecule is Cc1cc(C2C(c3ccccn3)NC(=S)N2c2ccc(N3CC(C)CC(C)C3)c(Cl)c2)c(C)n1-c1ccc(O)cc1. The number of phenols is 1. The van der Waals surface area contributed by atoms with Gasteiger partial charge in [0.1, 0.15) is 5.75 Å². The lowest BCUT2D eigenvalue weighted by molar-refractivity contribution is 0.357. The number of rotatable bonds is 5. The molecule has 212 valence electrons. The van der Waals surface area contributed by atoms with E-state index < -0.39 is 0 Å². The number of halogens is 1. The molecule has 2 aliphatic heterocycles. The van der Waals surface area contributed by atoms with Crippen molar-refractivity contribution in [1.82, 2.24) is 14.9 Å². The molecule has 4 unspecified atom stereocenters. The van der Waals surface area contributed by atoms with E-state index in [1.165, 1.54) is 6.42 Å². The Balaban J connectivity index is 1.44. The molecular formula is C33H36ClN5OS. The molecule has 2 aromatic heterocycles. The maximum absolute atomic E-state index is 9.86. The van der Waals surface area contributed by atoms with Crippen molar-refractivity contribution in [3.63, 3.8) is 0 Å². The minimum absolute atomic E-state index is 0.147. The van der Waals surface area contributed by atoms with Crippen LogP contribution in [0.15, 0.2) is 72.9 Å². The van der Waals surface area contributed by atoms with Crippen LogP contribution in [0.4, 0.5) is 11.4 Å². The summed E-state index contributed by atoms with van der Waals surface area (Å²) in [6, 6.07) is 21.6. The molecule has 2 aromatic carbocycles. The molecule has 6 nitrogen and oxygen atoms in total. The van der Waals surface area contributed by atoms with Crippen molar-refractivity contribution in [2.45, 2.75) is 46.2 Å². The van der Waals surface area contributed by atoms with Crippen LogP contribution in [0.25, 0.3) is 5.69 Å². The minimum atomic E-state index is -0.153. The van der Waals surface area contributed by atoms with Gasteiger partial charge in [0.2, 0.25) is 0 Å². The Morgan fingerprint density at radius 1 is 0.951 bits per heavy atom. The molecule has 41 heavy (non-hydrogen) atoms. The summed E-state index contributed by atoms with van der Waals surface area (Å²) in [4.78, 5) is 9.33. The highest BCUT2D eigenvalue weighted by molar-refractivity contribution is 7.80. The van der Waals surface area contributed by atoms with Gasteiger partial charge in [-0.25, -0.2) is 0 Å². The highest BCUT2D eigenvalue weighted by atomic mass is 35.5. The Morgan fingerprint density at radius 2 is 1.66 bits per heavy atom. The maximum atomic E-state index is 9.86. The second kappa shape index (κ2) is 11.0.